The number of rotatable bonds is 5. The molecule has 1 aliphatic rings. The minimum Gasteiger partial charge on any atom is -0.439 e. The van der Waals surface area contributed by atoms with Gasteiger partial charge < -0.3 is 10.1 Å². The van der Waals surface area contributed by atoms with Gasteiger partial charge >= 0.3 is 6.09 Å². The number of ether oxygens (including phenoxy) is 1. The smallest absolute Gasteiger partial charge is 0.408 e. The molecule has 2 aromatic rings. The van der Waals surface area contributed by atoms with E-state index in [1.165, 1.54) is 12.1 Å². The van der Waals surface area contributed by atoms with Gasteiger partial charge in [0.15, 0.2) is 6.10 Å². The van der Waals surface area contributed by atoms with Crippen molar-refractivity contribution >= 4 is 18.0 Å². The second kappa shape index (κ2) is 7.57. The molecule has 0 radical (unpaired) electrons. The first-order valence-corrected chi connectivity index (χ1v) is 7.82. The lowest BCUT2D eigenvalue weighted by molar-refractivity contribution is 0.138. The summed E-state index contributed by atoms with van der Waals surface area (Å²) >= 11 is 0. The van der Waals surface area contributed by atoms with Crippen molar-refractivity contribution in [2.45, 2.75) is 12.1 Å². The van der Waals surface area contributed by atoms with Crippen molar-refractivity contribution in [2.24, 2.45) is 4.99 Å². The first-order valence-electron chi connectivity index (χ1n) is 7.82. The summed E-state index contributed by atoms with van der Waals surface area (Å²) < 4.78 is 18.4. The van der Waals surface area contributed by atoms with Crippen LogP contribution in [0.25, 0.3) is 5.70 Å². The Morgan fingerprint density at radius 2 is 1.88 bits per heavy atom. The van der Waals surface area contributed by atoms with Crippen LogP contribution in [-0.4, -0.2) is 18.3 Å². The summed E-state index contributed by atoms with van der Waals surface area (Å²) in [5.74, 6) is -0.341. The van der Waals surface area contributed by atoms with E-state index in [-0.39, 0.29) is 5.82 Å². The molecule has 0 unspecified atom stereocenters. The predicted octanol–water partition coefficient (Wildman–Crippen LogP) is 4.27. The number of halogens is 1. The highest BCUT2D eigenvalue weighted by molar-refractivity contribution is 5.83. The topological polar surface area (TPSA) is 50.7 Å². The van der Waals surface area contributed by atoms with Crippen molar-refractivity contribution in [1.82, 2.24) is 5.32 Å². The molecule has 5 heteroatoms. The molecular weight excluding hydrogens is 319 g/mol. The molecule has 0 spiro atoms. The van der Waals surface area contributed by atoms with Gasteiger partial charge in [-0.3, -0.25) is 4.99 Å². The van der Waals surface area contributed by atoms with E-state index in [1.54, 1.807) is 30.5 Å². The number of hydrogen-bond donors (Lipinski definition) is 1. The summed E-state index contributed by atoms with van der Waals surface area (Å²) in [6.45, 7) is 3.71. The number of allylic oxidation sites excluding steroid dienone is 2. The molecule has 2 aromatic carbocycles. The average Bonchev–Trinajstić information content (AvgIpc) is 3.00. The number of carbonyl (C=O) groups is 1. The zero-order valence-electron chi connectivity index (χ0n) is 13.4. The van der Waals surface area contributed by atoms with E-state index in [4.69, 9.17) is 4.74 Å². The molecule has 25 heavy (non-hydrogen) atoms. The molecule has 0 aliphatic carbocycles. The highest BCUT2D eigenvalue weighted by Gasteiger charge is 2.34. The lowest BCUT2D eigenvalue weighted by atomic mass is 10.0. The third-order valence-corrected chi connectivity index (χ3v) is 3.76. The van der Waals surface area contributed by atoms with Gasteiger partial charge in [0.2, 0.25) is 0 Å². The van der Waals surface area contributed by atoms with E-state index in [1.807, 2.05) is 30.3 Å². The molecule has 4 nitrogen and oxygen atoms in total. The Morgan fingerprint density at radius 3 is 2.56 bits per heavy atom. The fourth-order valence-electron chi connectivity index (χ4n) is 2.57. The van der Waals surface area contributed by atoms with Crippen LogP contribution in [0.4, 0.5) is 9.18 Å². The Balaban J connectivity index is 1.84. The standard InChI is InChI=1S/C20H17FN2O2/c1-2-6-17(14-7-4-3-5-8-14)22-13-18-19(25-20(24)23-18)15-9-11-16(21)12-10-15/h2-13,18-19H,1H2,(H,23,24)/b17-6-,22-13?/t18-,19-/m1/s1. The molecule has 0 bridgehead atoms. The Hall–Kier alpha value is -3.21. The quantitative estimate of drug-likeness (QED) is 0.655. The Kier molecular flexibility index (Phi) is 5.04. The van der Waals surface area contributed by atoms with Crippen molar-refractivity contribution in [3.63, 3.8) is 0 Å². The van der Waals surface area contributed by atoms with E-state index in [0.29, 0.717) is 5.56 Å². The van der Waals surface area contributed by atoms with E-state index in [9.17, 15) is 9.18 Å². The van der Waals surface area contributed by atoms with Crippen molar-refractivity contribution < 1.29 is 13.9 Å². The van der Waals surface area contributed by atoms with Crippen LogP contribution in [0.2, 0.25) is 0 Å². The number of aliphatic imine (C=N–C) groups is 1. The molecule has 0 saturated carbocycles. The number of nitrogens with one attached hydrogen (secondary N) is 1. The van der Waals surface area contributed by atoms with Crippen LogP contribution in [0, 0.1) is 5.82 Å². The highest BCUT2D eigenvalue weighted by Crippen LogP contribution is 2.26. The monoisotopic (exact) mass is 336 g/mol. The number of alkyl carbamates (subject to hydrolysis) is 1. The average molecular weight is 336 g/mol. The molecule has 1 saturated heterocycles. The lowest BCUT2D eigenvalue weighted by Gasteiger charge is -2.13. The van der Waals surface area contributed by atoms with Gasteiger partial charge in [0.05, 0.1) is 5.70 Å². The first-order chi connectivity index (χ1) is 12.2. The Labute approximate surface area is 145 Å². The zero-order valence-corrected chi connectivity index (χ0v) is 13.4. The van der Waals surface area contributed by atoms with Crippen molar-refractivity contribution in [1.29, 1.82) is 0 Å². The number of cyclic esters (lactones) is 1. The van der Waals surface area contributed by atoms with Gasteiger partial charge in [-0.05, 0) is 23.8 Å². The summed E-state index contributed by atoms with van der Waals surface area (Å²) in [4.78, 5) is 16.1. The van der Waals surface area contributed by atoms with Crippen LogP contribution < -0.4 is 5.32 Å². The number of nitrogens with zero attached hydrogens (tertiary/aromatic N) is 1. The molecule has 1 amide bonds. The fourth-order valence-corrected chi connectivity index (χ4v) is 2.57. The predicted molar refractivity (Wildman–Crippen MR) is 95.7 cm³/mol. The number of benzene rings is 2. The van der Waals surface area contributed by atoms with Crippen LogP contribution in [0.5, 0.6) is 0 Å². The minimum absolute atomic E-state index is 0.341. The zero-order chi connectivity index (χ0) is 17.6. The van der Waals surface area contributed by atoms with Crippen LogP contribution in [0.15, 0.2) is 78.3 Å². The minimum atomic E-state index is -0.558. The van der Waals surface area contributed by atoms with Crippen LogP contribution >= 0.6 is 0 Å². The van der Waals surface area contributed by atoms with Gasteiger partial charge in [-0.2, -0.15) is 0 Å². The normalized spacial score (nSPS) is 20.4. The lowest BCUT2D eigenvalue weighted by Crippen LogP contribution is -2.29. The molecule has 1 fully saturated rings. The van der Waals surface area contributed by atoms with Crippen LogP contribution in [-0.2, 0) is 4.74 Å². The maximum atomic E-state index is 13.1. The third kappa shape index (κ3) is 4.01. The third-order valence-electron chi connectivity index (χ3n) is 3.76. The van der Waals surface area contributed by atoms with E-state index in [2.05, 4.69) is 16.9 Å². The Bertz CT molecular complexity index is 813. The molecular formula is C20H17FN2O2. The summed E-state index contributed by atoms with van der Waals surface area (Å²) in [6.07, 6.45) is 3.98. The van der Waals surface area contributed by atoms with Gasteiger partial charge in [-0.15, -0.1) is 0 Å². The van der Waals surface area contributed by atoms with E-state index >= 15 is 0 Å². The van der Waals surface area contributed by atoms with Crippen molar-refractivity contribution in [2.75, 3.05) is 0 Å². The van der Waals surface area contributed by atoms with Crippen LogP contribution in [0.1, 0.15) is 17.2 Å². The van der Waals surface area contributed by atoms with E-state index < -0.39 is 18.2 Å². The van der Waals surface area contributed by atoms with Gasteiger partial charge in [0.1, 0.15) is 11.9 Å². The van der Waals surface area contributed by atoms with Gasteiger partial charge in [-0.25, -0.2) is 9.18 Å². The largest absolute Gasteiger partial charge is 0.439 e. The summed E-state index contributed by atoms with van der Waals surface area (Å²) in [5, 5.41) is 2.71. The maximum Gasteiger partial charge on any atom is 0.408 e. The Morgan fingerprint density at radius 1 is 1.16 bits per heavy atom. The van der Waals surface area contributed by atoms with Crippen LogP contribution in [0.3, 0.4) is 0 Å². The maximum absolute atomic E-state index is 13.1. The second-order valence-corrected chi connectivity index (χ2v) is 5.48. The summed E-state index contributed by atoms with van der Waals surface area (Å²) in [7, 11) is 0. The first kappa shape index (κ1) is 16.6. The van der Waals surface area contributed by atoms with Crippen molar-refractivity contribution in [3.05, 3.63) is 90.3 Å². The number of amides is 1. The SMILES string of the molecule is C=C/C=C(\N=C[C@H]1NC(=O)O[C@@H]1c1ccc(F)cc1)c1ccccc1. The number of hydrogen-bond acceptors (Lipinski definition) is 3. The molecule has 1 N–H and O–H groups in total. The second-order valence-electron chi connectivity index (χ2n) is 5.48. The van der Waals surface area contributed by atoms with E-state index in [0.717, 1.165) is 11.3 Å². The molecule has 126 valence electrons. The molecule has 1 aliphatic heterocycles. The molecule has 1 heterocycles. The summed E-state index contributed by atoms with van der Waals surface area (Å²) in [5.41, 5.74) is 2.35. The highest BCUT2D eigenvalue weighted by atomic mass is 19.1. The van der Waals surface area contributed by atoms with Crippen molar-refractivity contribution in [3.8, 4) is 0 Å². The molecule has 3 rings (SSSR count). The molecule has 2 atom stereocenters. The molecule has 0 aromatic heterocycles. The van der Waals surface area contributed by atoms with Gasteiger partial charge in [0, 0.05) is 11.8 Å². The van der Waals surface area contributed by atoms with Gasteiger partial charge in [0.25, 0.3) is 0 Å². The van der Waals surface area contributed by atoms with Gasteiger partial charge in [-0.1, -0.05) is 55.1 Å². The number of carbonyl (C=O) groups excluding carboxylic acids is 1. The summed E-state index contributed by atoms with van der Waals surface area (Å²) in [6, 6.07) is 15.1. The fraction of sp³-hybridized carbons (Fsp3) is 0.100.